The molecule has 3 atom stereocenters. The molecule has 2 aromatic rings. The van der Waals surface area contributed by atoms with Crippen LogP contribution in [0.25, 0.3) is 11.1 Å². The lowest BCUT2D eigenvalue weighted by atomic mass is 9.86. The van der Waals surface area contributed by atoms with Gasteiger partial charge in [-0.3, -0.25) is 4.79 Å². The van der Waals surface area contributed by atoms with Gasteiger partial charge < -0.3 is 20.1 Å². The second kappa shape index (κ2) is 12.1. The normalized spacial score (nSPS) is 17.8. The highest BCUT2D eigenvalue weighted by molar-refractivity contribution is 6.33. The molecule has 0 aliphatic carbocycles. The third kappa shape index (κ3) is 6.49. The summed E-state index contributed by atoms with van der Waals surface area (Å²) in [6.07, 6.45) is 3.30. The number of nitrogens with zero attached hydrogens (tertiary/aromatic N) is 1. The first-order valence-corrected chi connectivity index (χ1v) is 11.9. The molecule has 1 saturated heterocycles. The first-order valence-electron chi connectivity index (χ1n) is 11.6. The molecule has 0 saturated carbocycles. The lowest BCUT2D eigenvalue weighted by Gasteiger charge is -2.35. The molecule has 2 amide bonds. The van der Waals surface area contributed by atoms with Gasteiger partial charge in [-0.05, 0) is 60.8 Å². The number of carbonyl (C=O) groups is 2. The molecule has 1 heterocycles. The van der Waals surface area contributed by atoms with Gasteiger partial charge in [-0.2, -0.15) is 0 Å². The van der Waals surface area contributed by atoms with E-state index in [2.05, 4.69) is 24.4 Å². The maximum Gasteiger partial charge on any atom is 0.407 e. The monoisotopic (exact) mass is 472 g/mol. The number of likely N-dealkylation sites (tertiary alicyclic amines) is 1. The van der Waals surface area contributed by atoms with Crippen LogP contribution in [0, 0.1) is 5.92 Å². The number of benzene rings is 2. The summed E-state index contributed by atoms with van der Waals surface area (Å²) in [5.41, 5.74) is 3.79. The number of ether oxygens (including phenoxy) is 1. The highest BCUT2D eigenvalue weighted by Gasteiger charge is 2.29. The van der Waals surface area contributed by atoms with E-state index in [4.69, 9.17) is 16.3 Å². The van der Waals surface area contributed by atoms with Gasteiger partial charge in [-0.1, -0.05) is 54.9 Å². The van der Waals surface area contributed by atoms with E-state index in [0.29, 0.717) is 24.4 Å². The molecule has 7 heteroatoms. The Bertz CT molecular complexity index is 952. The second-order valence-corrected chi connectivity index (χ2v) is 9.00. The number of hydrogen-bond donors (Lipinski definition) is 2. The molecule has 0 spiro atoms. The fraction of sp³-hybridized carbons (Fsp3) is 0.462. The number of hydrogen-bond acceptors (Lipinski definition) is 4. The number of alkyl carbamates (subject to hydrolysis) is 1. The van der Waals surface area contributed by atoms with Gasteiger partial charge in [0.25, 0.3) is 0 Å². The van der Waals surface area contributed by atoms with E-state index < -0.39 is 12.2 Å². The Kier molecular flexibility index (Phi) is 9.15. The molecule has 0 radical (unpaired) electrons. The maximum atomic E-state index is 12.0. The largest absolute Gasteiger partial charge is 0.453 e. The zero-order valence-corrected chi connectivity index (χ0v) is 20.1. The number of aliphatic hydroxyl groups excluding tert-OH is 1. The number of halogens is 1. The highest BCUT2D eigenvalue weighted by Crippen LogP contribution is 2.37. The van der Waals surface area contributed by atoms with Crippen molar-refractivity contribution in [3.63, 3.8) is 0 Å². The van der Waals surface area contributed by atoms with Gasteiger partial charge in [0.15, 0.2) is 0 Å². The molecule has 33 heavy (non-hydrogen) atoms. The molecule has 3 rings (SSSR count). The maximum absolute atomic E-state index is 12.0. The molecule has 178 valence electrons. The van der Waals surface area contributed by atoms with Crippen LogP contribution in [0.1, 0.15) is 49.8 Å². The van der Waals surface area contributed by atoms with Gasteiger partial charge in [-0.15, -0.1) is 0 Å². The summed E-state index contributed by atoms with van der Waals surface area (Å²) in [6.45, 7) is 3.42. The Labute approximate surface area is 200 Å². The molecule has 0 bridgehead atoms. The van der Waals surface area contributed by atoms with E-state index in [1.54, 1.807) is 4.90 Å². The van der Waals surface area contributed by atoms with Crippen molar-refractivity contribution in [1.82, 2.24) is 10.2 Å². The van der Waals surface area contributed by atoms with Crippen LogP contribution in [0.2, 0.25) is 5.02 Å². The molecule has 1 fully saturated rings. The zero-order chi connectivity index (χ0) is 23.8. The quantitative estimate of drug-likeness (QED) is 0.505. The summed E-state index contributed by atoms with van der Waals surface area (Å²) in [7, 11) is 1.34. The Morgan fingerprint density at radius 2 is 2.09 bits per heavy atom. The van der Waals surface area contributed by atoms with Crippen molar-refractivity contribution in [1.29, 1.82) is 0 Å². The standard InChI is InChI=1S/C26H33ClN2O4/c1-3-18-7-4-8-19(15-18)25-21(10-5-11-22(25)27)24(31)13-12-23(28-26(32)33-2)20-9-6-14-29(16-20)17-30/h4-5,7-8,10-11,15,17,20,23-24,31H,3,6,9,12-14,16H2,1-2H3,(H,28,32). The van der Waals surface area contributed by atoms with Crippen molar-refractivity contribution in [2.24, 2.45) is 5.92 Å². The van der Waals surface area contributed by atoms with Crippen LogP contribution in [0.5, 0.6) is 0 Å². The van der Waals surface area contributed by atoms with Crippen molar-refractivity contribution < 1.29 is 19.4 Å². The molecule has 0 aromatic heterocycles. The minimum absolute atomic E-state index is 0.107. The van der Waals surface area contributed by atoms with Crippen molar-refractivity contribution in [2.75, 3.05) is 20.2 Å². The molecule has 6 nitrogen and oxygen atoms in total. The molecule has 1 aliphatic heterocycles. The predicted molar refractivity (Wildman–Crippen MR) is 130 cm³/mol. The lowest BCUT2D eigenvalue weighted by Crippen LogP contribution is -2.47. The molecule has 2 aromatic carbocycles. The lowest BCUT2D eigenvalue weighted by molar-refractivity contribution is -0.119. The van der Waals surface area contributed by atoms with Gasteiger partial charge in [0.1, 0.15) is 0 Å². The summed E-state index contributed by atoms with van der Waals surface area (Å²) in [4.78, 5) is 25.0. The van der Waals surface area contributed by atoms with E-state index in [1.807, 2.05) is 30.3 Å². The fourth-order valence-corrected chi connectivity index (χ4v) is 4.95. The molecule has 1 aliphatic rings. The van der Waals surface area contributed by atoms with Crippen LogP contribution >= 0.6 is 11.6 Å². The van der Waals surface area contributed by atoms with Gasteiger partial charge >= 0.3 is 6.09 Å². The van der Waals surface area contributed by atoms with Crippen molar-refractivity contribution in [3.8, 4) is 11.1 Å². The number of methoxy groups -OCH3 is 1. The van der Waals surface area contributed by atoms with E-state index in [9.17, 15) is 14.7 Å². The first kappa shape index (κ1) is 25.1. The van der Waals surface area contributed by atoms with Gasteiger partial charge in [0.05, 0.1) is 13.2 Å². The van der Waals surface area contributed by atoms with Crippen LogP contribution in [0.4, 0.5) is 4.79 Å². The highest BCUT2D eigenvalue weighted by atomic mass is 35.5. The number of carbonyl (C=O) groups excluding carboxylic acids is 2. The summed E-state index contributed by atoms with van der Waals surface area (Å²) >= 11 is 6.58. The third-order valence-corrected chi connectivity index (χ3v) is 6.79. The summed E-state index contributed by atoms with van der Waals surface area (Å²) in [6, 6.07) is 13.6. The van der Waals surface area contributed by atoms with Crippen LogP contribution in [-0.2, 0) is 16.0 Å². The minimum atomic E-state index is -0.753. The summed E-state index contributed by atoms with van der Waals surface area (Å²) < 4.78 is 4.82. The van der Waals surface area contributed by atoms with E-state index >= 15 is 0 Å². The topological polar surface area (TPSA) is 78.9 Å². The second-order valence-electron chi connectivity index (χ2n) is 8.60. The summed E-state index contributed by atoms with van der Waals surface area (Å²) in [5, 5.41) is 14.7. The van der Waals surface area contributed by atoms with Crippen molar-refractivity contribution in [3.05, 3.63) is 58.6 Å². The number of nitrogens with one attached hydrogen (secondary N) is 1. The van der Waals surface area contributed by atoms with Crippen LogP contribution in [0.15, 0.2) is 42.5 Å². The number of aliphatic hydroxyl groups is 1. The van der Waals surface area contributed by atoms with Gasteiger partial charge in [-0.25, -0.2) is 4.79 Å². The predicted octanol–water partition coefficient (Wildman–Crippen LogP) is 4.98. The Balaban J connectivity index is 1.80. The van der Waals surface area contributed by atoms with Gasteiger partial charge in [0.2, 0.25) is 6.41 Å². The van der Waals surface area contributed by atoms with Crippen molar-refractivity contribution >= 4 is 24.1 Å². The Hall–Kier alpha value is -2.57. The number of aryl methyl sites for hydroxylation is 1. The molecule has 2 N–H and O–H groups in total. The number of piperidine rings is 1. The third-order valence-electron chi connectivity index (χ3n) is 6.48. The average molecular weight is 473 g/mol. The Morgan fingerprint density at radius 1 is 1.30 bits per heavy atom. The van der Waals surface area contributed by atoms with E-state index in [0.717, 1.165) is 48.9 Å². The number of rotatable bonds is 9. The molecule has 3 unspecified atom stereocenters. The van der Waals surface area contributed by atoms with Crippen LogP contribution in [-0.4, -0.2) is 48.8 Å². The van der Waals surface area contributed by atoms with E-state index in [1.165, 1.54) is 12.7 Å². The minimum Gasteiger partial charge on any atom is -0.453 e. The zero-order valence-electron chi connectivity index (χ0n) is 19.3. The van der Waals surface area contributed by atoms with E-state index in [-0.39, 0.29) is 12.0 Å². The molecular formula is C26H33ClN2O4. The van der Waals surface area contributed by atoms with Gasteiger partial charge in [0, 0.05) is 29.7 Å². The SMILES string of the molecule is CCc1cccc(-c2c(Cl)cccc2C(O)CCC(NC(=O)OC)C2CCCN(C=O)C2)c1. The molecular weight excluding hydrogens is 440 g/mol. The first-order chi connectivity index (χ1) is 16.0. The number of amides is 2. The average Bonchev–Trinajstić information content (AvgIpc) is 2.85. The van der Waals surface area contributed by atoms with Crippen LogP contribution in [0.3, 0.4) is 0 Å². The smallest absolute Gasteiger partial charge is 0.407 e. The van der Waals surface area contributed by atoms with Crippen molar-refractivity contribution in [2.45, 2.75) is 51.2 Å². The fourth-order valence-electron chi connectivity index (χ4n) is 4.66. The van der Waals surface area contributed by atoms with Crippen LogP contribution < -0.4 is 5.32 Å². The Morgan fingerprint density at radius 3 is 2.82 bits per heavy atom. The summed E-state index contributed by atoms with van der Waals surface area (Å²) in [5.74, 6) is 0.107.